The highest BCUT2D eigenvalue weighted by molar-refractivity contribution is 5.22. The molecule has 5 atom stereocenters. The lowest BCUT2D eigenvalue weighted by Gasteiger charge is -2.40. The zero-order chi connectivity index (χ0) is 13.9. The standard InChI is InChI=1S/C17H30O/c1-10(11(2)13(4)18)12(3)15-8-14-9-17(14,7)16(15,5)6/h12-15,18H,8-9H2,1-7H3/b11-10+. The highest BCUT2D eigenvalue weighted by Crippen LogP contribution is 2.75. The Hall–Kier alpha value is -0.300. The van der Waals surface area contributed by atoms with Crippen molar-refractivity contribution in [3.05, 3.63) is 11.1 Å². The van der Waals surface area contributed by atoms with E-state index in [1.807, 2.05) is 6.92 Å². The molecular weight excluding hydrogens is 220 g/mol. The summed E-state index contributed by atoms with van der Waals surface area (Å²) in [6, 6.07) is 0. The maximum atomic E-state index is 9.77. The van der Waals surface area contributed by atoms with Crippen LogP contribution in [0.4, 0.5) is 0 Å². The van der Waals surface area contributed by atoms with Crippen molar-refractivity contribution < 1.29 is 5.11 Å². The average Bonchev–Trinajstić information content (AvgIpc) is 2.90. The zero-order valence-corrected chi connectivity index (χ0v) is 13.2. The molecule has 0 aromatic heterocycles. The fourth-order valence-corrected chi connectivity index (χ4v) is 4.43. The van der Waals surface area contributed by atoms with Gasteiger partial charge in [-0.2, -0.15) is 0 Å². The highest BCUT2D eigenvalue weighted by Gasteiger charge is 2.67. The smallest absolute Gasteiger partial charge is 0.0721 e. The van der Waals surface area contributed by atoms with E-state index in [0.29, 0.717) is 16.7 Å². The van der Waals surface area contributed by atoms with Gasteiger partial charge in [-0.25, -0.2) is 0 Å². The van der Waals surface area contributed by atoms with Crippen LogP contribution in [-0.4, -0.2) is 11.2 Å². The van der Waals surface area contributed by atoms with E-state index in [1.54, 1.807) is 0 Å². The fourth-order valence-electron chi connectivity index (χ4n) is 4.43. The third-order valence-electron chi connectivity index (χ3n) is 6.88. The molecule has 0 bridgehead atoms. The van der Waals surface area contributed by atoms with Gasteiger partial charge >= 0.3 is 0 Å². The molecule has 0 aromatic rings. The minimum Gasteiger partial charge on any atom is -0.389 e. The summed E-state index contributed by atoms with van der Waals surface area (Å²) in [6.45, 7) is 15.9. The Morgan fingerprint density at radius 3 is 2.06 bits per heavy atom. The number of hydrogen-bond acceptors (Lipinski definition) is 1. The Kier molecular flexibility index (Phi) is 3.21. The summed E-state index contributed by atoms with van der Waals surface area (Å²) in [7, 11) is 0. The third kappa shape index (κ3) is 1.78. The minimum absolute atomic E-state index is 0.304. The van der Waals surface area contributed by atoms with Gasteiger partial charge < -0.3 is 5.11 Å². The molecule has 5 unspecified atom stereocenters. The molecule has 0 heterocycles. The van der Waals surface area contributed by atoms with Crippen molar-refractivity contribution in [2.45, 2.75) is 67.4 Å². The third-order valence-corrected chi connectivity index (χ3v) is 6.88. The van der Waals surface area contributed by atoms with E-state index >= 15 is 0 Å². The molecule has 2 fully saturated rings. The molecule has 2 aliphatic carbocycles. The lowest BCUT2D eigenvalue weighted by atomic mass is 9.65. The molecule has 0 radical (unpaired) electrons. The molecule has 2 saturated carbocycles. The van der Waals surface area contributed by atoms with E-state index in [9.17, 15) is 5.11 Å². The molecule has 104 valence electrons. The van der Waals surface area contributed by atoms with Crippen LogP contribution in [0.2, 0.25) is 0 Å². The monoisotopic (exact) mass is 250 g/mol. The van der Waals surface area contributed by atoms with Gasteiger partial charge in [-0.3, -0.25) is 0 Å². The summed E-state index contributed by atoms with van der Waals surface area (Å²) in [5.74, 6) is 2.33. The minimum atomic E-state index is -0.304. The molecule has 0 spiro atoms. The van der Waals surface area contributed by atoms with Crippen LogP contribution < -0.4 is 0 Å². The van der Waals surface area contributed by atoms with Crippen molar-refractivity contribution in [3.63, 3.8) is 0 Å². The van der Waals surface area contributed by atoms with E-state index in [1.165, 1.54) is 24.0 Å². The molecule has 18 heavy (non-hydrogen) atoms. The quantitative estimate of drug-likeness (QED) is 0.736. The van der Waals surface area contributed by atoms with Gasteiger partial charge in [0.05, 0.1) is 6.10 Å². The van der Waals surface area contributed by atoms with Crippen molar-refractivity contribution in [2.24, 2.45) is 28.6 Å². The van der Waals surface area contributed by atoms with Crippen molar-refractivity contribution in [3.8, 4) is 0 Å². The van der Waals surface area contributed by atoms with Crippen LogP contribution in [0.25, 0.3) is 0 Å². The van der Waals surface area contributed by atoms with Crippen LogP contribution >= 0.6 is 0 Å². The summed E-state index contributed by atoms with van der Waals surface area (Å²) in [4.78, 5) is 0. The predicted molar refractivity (Wildman–Crippen MR) is 77.3 cm³/mol. The molecule has 0 saturated heterocycles. The van der Waals surface area contributed by atoms with Crippen molar-refractivity contribution in [1.82, 2.24) is 0 Å². The summed E-state index contributed by atoms with van der Waals surface area (Å²) >= 11 is 0. The molecule has 1 nitrogen and oxygen atoms in total. The van der Waals surface area contributed by atoms with Crippen LogP contribution in [0.5, 0.6) is 0 Å². The summed E-state index contributed by atoms with van der Waals surface area (Å²) < 4.78 is 0. The summed E-state index contributed by atoms with van der Waals surface area (Å²) in [5, 5.41) is 9.77. The lowest BCUT2D eigenvalue weighted by Crippen LogP contribution is -2.33. The van der Waals surface area contributed by atoms with Crippen LogP contribution in [0.3, 0.4) is 0 Å². The van der Waals surface area contributed by atoms with E-state index in [0.717, 1.165) is 11.8 Å². The van der Waals surface area contributed by atoms with Crippen LogP contribution in [0.1, 0.15) is 61.3 Å². The molecule has 2 aliphatic rings. The predicted octanol–water partition coefficient (Wildman–Crippen LogP) is 4.41. The molecule has 1 N–H and O–H groups in total. The number of fused-ring (bicyclic) bond motifs is 1. The first kappa shape index (κ1) is 14.1. The summed E-state index contributed by atoms with van der Waals surface area (Å²) in [5.41, 5.74) is 3.61. The lowest BCUT2D eigenvalue weighted by molar-refractivity contribution is 0.116. The largest absolute Gasteiger partial charge is 0.389 e. The van der Waals surface area contributed by atoms with E-state index < -0.39 is 0 Å². The van der Waals surface area contributed by atoms with Crippen molar-refractivity contribution in [1.29, 1.82) is 0 Å². The van der Waals surface area contributed by atoms with Crippen LogP contribution in [-0.2, 0) is 0 Å². The van der Waals surface area contributed by atoms with Gasteiger partial charge in [0.25, 0.3) is 0 Å². The maximum Gasteiger partial charge on any atom is 0.0721 e. The second kappa shape index (κ2) is 4.10. The van der Waals surface area contributed by atoms with E-state index in [4.69, 9.17) is 0 Å². The number of aliphatic hydroxyl groups is 1. The highest BCUT2D eigenvalue weighted by atomic mass is 16.3. The molecule has 1 heteroatoms. The normalized spacial score (nSPS) is 42.0. The summed E-state index contributed by atoms with van der Waals surface area (Å²) in [6.07, 6.45) is 2.51. The number of aliphatic hydroxyl groups excluding tert-OH is 1. The first-order valence-electron chi connectivity index (χ1n) is 7.48. The Morgan fingerprint density at radius 1 is 1.11 bits per heavy atom. The van der Waals surface area contributed by atoms with Gasteiger partial charge in [-0.15, -0.1) is 0 Å². The van der Waals surface area contributed by atoms with E-state index in [2.05, 4.69) is 41.5 Å². The van der Waals surface area contributed by atoms with Crippen LogP contribution in [0.15, 0.2) is 11.1 Å². The first-order chi connectivity index (χ1) is 8.13. The second-order valence-electron chi connectivity index (χ2n) is 7.71. The number of rotatable bonds is 3. The van der Waals surface area contributed by atoms with Gasteiger partial charge in [0, 0.05) is 0 Å². The van der Waals surface area contributed by atoms with Crippen LogP contribution in [0, 0.1) is 28.6 Å². The number of allylic oxidation sites excluding steroid dienone is 1. The fraction of sp³-hybridized carbons (Fsp3) is 0.882. The van der Waals surface area contributed by atoms with Gasteiger partial charge in [-0.1, -0.05) is 33.3 Å². The molecule has 2 rings (SSSR count). The van der Waals surface area contributed by atoms with Crippen molar-refractivity contribution >= 4 is 0 Å². The molecule has 0 aliphatic heterocycles. The Balaban J connectivity index is 2.22. The molecular formula is C17H30O. The van der Waals surface area contributed by atoms with Gasteiger partial charge in [0.2, 0.25) is 0 Å². The van der Waals surface area contributed by atoms with E-state index in [-0.39, 0.29) is 6.10 Å². The Labute approximate surface area is 113 Å². The first-order valence-corrected chi connectivity index (χ1v) is 7.48. The zero-order valence-electron chi connectivity index (χ0n) is 13.2. The Morgan fingerprint density at radius 2 is 1.67 bits per heavy atom. The number of hydrogen-bond donors (Lipinski definition) is 1. The molecule has 0 amide bonds. The van der Waals surface area contributed by atoms with Gasteiger partial charge in [0.15, 0.2) is 0 Å². The second-order valence-corrected chi connectivity index (χ2v) is 7.71. The topological polar surface area (TPSA) is 20.2 Å². The molecule has 0 aromatic carbocycles. The average molecular weight is 250 g/mol. The maximum absolute atomic E-state index is 9.77. The van der Waals surface area contributed by atoms with Crippen molar-refractivity contribution in [2.75, 3.05) is 0 Å². The SMILES string of the molecule is C/C(=C(/C)C(C)C1CC2CC2(C)C1(C)C)C(C)O. The van der Waals surface area contributed by atoms with Gasteiger partial charge in [0.1, 0.15) is 0 Å². The van der Waals surface area contributed by atoms with Gasteiger partial charge in [-0.05, 0) is 67.8 Å². The Bertz CT molecular complexity index is 377.